The highest BCUT2D eigenvalue weighted by molar-refractivity contribution is 7.90. The molecule has 0 saturated carbocycles. The summed E-state index contributed by atoms with van der Waals surface area (Å²) in [6.07, 6.45) is 0.755. The first kappa shape index (κ1) is 18.9. The van der Waals surface area contributed by atoms with Crippen LogP contribution < -0.4 is 10.0 Å². The van der Waals surface area contributed by atoms with Gasteiger partial charge in [0.05, 0.1) is 0 Å². The van der Waals surface area contributed by atoms with Gasteiger partial charge in [-0.2, -0.15) is 12.7 Å². The number of hydrogen-bond acceptors (Lipinski definition) is 3. The van der Waals surface area contributed by atoms with E-state index in [1.165, 1.54) is 14.1 Å². The van der Waals surface area contributed by atoms with Crippen LogP contribution in [0.5, 0.6) is 0 Å². The Labute approximate surface area is 152 Å². The van der Waals surface area contributed by atoms with Crippen molar-refractivity contribution in [1.29, 1.82) is 0 Å². The van der Waals surface area contributed by atoms with E-state index in [2.05, 4.69) is 10.0 Å². The lowest BCUT2D eigenvalue weighted by Crippen LogP contribution is -2.28. The second-order valence-electron chi connectivity index (χ2n) is 5.38. The highest BCUT2D eigenvalue weighted by Crippen LogP contribution is 2.21. The molecule has 130 valence electrons. The van der Waals surface area contributed by atoms with E-state index in [4.69, 9.17) is 23.2 Å². The van der Waals surface area contributed by atoms with Crippen LogP contribution in [-0.4, -0.2) is 33.4 Å². The van der Waals surface area contributed by atoms with E-state index in [9.17, 15) is 8.42 Å². The van der Waals surface area contributed by atoms with Crippen molar-refractivity contribution in [3.8, 4) is 0 Å². The zero-order chi connectivity index (χ0) is 17.7. The van der Waals surface area contributed by atoms with Gasteiger partial charge in [0, 0.05) is 42.1 Å². The van der Waals surface area contributed by atoms with Crippen LogP contribution in [0, 0.1) is 0 Å². The third-order valence-corrected chi connectivity index (χ3v) is 5.39. The fraction of sp³-hybridized carbons (Fsp3) is 0.250. The third-order valence-electron chi connectivity index (χ3n) is 3.35. The smallest absolute Gasteiger partial charge is 0.301 e. The zero-order valence-electron chi connectivity index (χ0n) is 13.4. The normalized spacial score (nSPS) is 11.5. The van der Waals surface area contributed by atoms with Crippen molar-refractivity contribution >= 4 is 44.8 Å². The van der Waals surface area contributed by atoms with E-state index >= 15 is 0 Å². The van der Waals surface area contributed by atoms with Crippen molar-refractivity contribution < 1.29 is 8.42 Å². The van der Waals surface area contributed by atoms with Crippen LogP contribution >= 0.6 is 23.2 Å². The molecule has 0 aromatic heterocycles. The topological polar surface area (TPSA) is 61.4 Å². The molecule has 0 atom stereocenters. The molecular formula is C16H19Cl2N3O2S. The average Bonchev–Trinajstić information content (AvgIpc) is 2.50. The highest BCUT2D eigenvalue weighted by atomic mass is 35.5. The van der Waals surface area contributed by atoms with E-state index < -0.39 is 10.2 Å². The first-order valence-corrected chi connectivity index (χ1v) is 9.45. The number of halogens is 2. The summed E-state index contributed by atoms with van der Waals surface area (Å²) in [6.45, 7) is 0.699. The minimum atomic E-state index is -3.49. The van der Waals surface area contributed by atoms with E-state index in [0.29, 0.717) is 22.3 Å². The van der Waals surface area contributed by atoms with Crippen LogP contribution in [0.3, 0.4) is 0 Å². The predicted molar refractivity (Wildman–Crippen MR) is 101 cm³/mol. The molecule has 0 unspecified atom stereocenters. The molecule has 5 nitrogen and oxygen atoms in total. The van der Waals surface area contributed by atoms with Gasteiger partial charge in [-0.1, -0.05) is 29.3 Å². The molecule has 0 amide bonds. The highest BCUT2D eigenvalue weighted by Gasteiger charge is 2.12. The molecule has 0 radical (unpaired) electrons. The Morgan fingerprint density at radius 3 is 2.21 bits per heavy atom. The lowest BCUT2D eigenvalue weighted by molar-refractivity contribution is 0.527. The Morgan fingerprint density at radius 2 is 1.62 bits per heavy atom. The molecule has 0 aliphatic heterocycles. The first-order valence-electron chi connectivity index (χ1n) is 7.26. The fourth-order valence-electron chi connectivity index (χ4n) is 1.96. The van der Waals surface area contributed by atoms with E-state index in [1.807, 2.05) is 24.3 Å². The van der Waals surface area contributed by atoms with E-state index in [0.717, 1.165) is 22.0 Å². The van der Waals surface area contributed by atoms with Crippen molar-refractivity contribution in [2.45, 2.75) is 6.42 Å². The standard InChI is InChI=1S/C16H19Cl2N3O2S/c1-21(2)24(22,23)20-15-7-5-14(6-8-15)19-10-9-12-3-4-13(17)11-16(12)18/h3-8,11,19-20H,9-10H2,1-2H3. The van der Waals surface area contributed by atoms with Crippen LogP contribution in [0.4, 0.5) is 11.4 Å². The second kappa shape index (κ2) is 8.07. The summed E-state index contributed by atoms with van der Waals surface area (Å²) in [5, 5.41) is 4.54. The van der Waals surface area contributed by atoms with Gasteiger partial charge in [0.2, 0.25) is 0 Å². The molecule has 0 aliphatic rings. The number of nitrogens with one attached hydrogen (secondary N) is 2. The lowest BCUT2D eigenvalue weighted by atomic mass is 10.1. The summed E-state index contributed by atoms with van der Waals surface area (Å²) in [5.74, 6) is 0. The van der Waals surface area contributed by atoms with Gasteiger partial charge >= 0.3 is 10.2 Å². The number of nitrogens with zero attached hydrogens (tertiary/aromatic N) is 1. The summed E-state index contributed by atoms with van der Waals surface area (Å²) in [7, 11) is -0.543. The van der Waals surface area contributed by atoms with Crippen LogP contribution in [0.2, 0.25) is 10.0 Å². The Bertz CT molecular complexity index is 793. The summed E-state index contributed by atoms with van der Waals surface area (Å²) in [6, 6.07) is 12.5. The minimum absolute atomic E-state index is 0.509. The van der Waals surface area contributed by atoms with Gasteiger partial charge in [-0.3, -0.25) is 4.72 Å². The Balaban J connectivity index is 1.90. The Hall–Kier alpha value is -1.47. The van der Waals surface area contributed by atoms with Gasteiger partial charge in [0.25, 0.3) is 0 Å². The molecule has 0 fully saturated rings. The molecule has 0 bridgehead atoms. The molecule has 2 aromatic carbocycles. The quantitative estimate of drug-likeness (QED) is 0.757. The largest absolute Gasteiger partial charge is 0.385 e. The monoisotopic (exact) mass is 387 g/mol. The zero-order valence-corrected chi connectivity index (χ0v) is 15.7. The van der Waals surface area contributed by atoms with Crippen LogP contribution in [0.15, 0.2) is 42.5 Å². The molecule has 0 spiro atoms. The maximum Gasteiger partial charge on any atom is 0.301 e. The lowest BCUT2D eigenvalue weighted by Gasteiger charge is -2.14. The van der Waals surface area contributed by atoms with E-state index in [-0.39, 0.29) is 0 Å². The molecule has 0 aliphatic carbocycles. The molecule has 24 heavy (non-hydrogen) atoms. The molecule has 0 heterocycles. The molecule has 2 rings (SSSR count). The predicted octanol–water partition coefficient (Wildman–Crippen LogP) is 3.87. The number of anilines is 2. The van der Waals surface area contributed by atoms with E-state index in [1.54, 1.807) is 18.2 Å². The molecule has 2 aromatic rings. The summed E-state index contributed by atoms with van der Waals surface area (Å²) in [5.41, 5.74) is 2.42. The Kier molecular flexibility index (Phi) is 6.34. The molecule has 8 heteroatoms. The number of rotatable bonds is 7. The maximum absolute atomic E-state index is 11.7. The van der Waals surface area contributed by atoms with Gasteiger partial charge in [-0.25, -0.2) is 0 Å². The third kappa shape index (κ3) is 5.27. The van der Waals surface area contributed by atoms with Crippen LogP contribution in [0.25, 0.3) is 0 Å². The first-order chi connectivity index (χ1) is 11.3. The second-order valence-corrected chi connectivity index (χ2v) is 8.11. The van der Waals surface area contributed by atoms with Crippen molar-refractivity contribution in [2.24, 2.45) is 0 Å². The van der Waals surface area contributed by atoms with Gasteiger partial charge in [-0.05, 0) is 48.4 Å². The van der Waals surface area contributed by atoms with Gasteiger partial charge in [-0.15, -0.1) is 0 Å². The molecule has 2 N–H and O–H groups in total. The summed E-state index contributed by atoms with van der Waals surface area (Å²) in [4.78, 5) is 0. The van der Waals surface area contributed by atoms with Crippen molar-refractivity contribution in [2.75, 3.05) is 30.7 Å². The van der Waals surface area contributed by atoms with Gasteiger partial charge in [0.15, 0.2) is 0 Å². The van der Waals surface area contributed by atoms with Crippen LogP contribution in [-0.2, 0) is 16.6 Å². The van der Waals surface area contributed by atoms with Gasteiger partial charge < -0.3 is 5.32 Å². The van der Waals surface area contributed by atoms with Crippen molar-refractivity contribution in [3.05, 3.63) is 58.1 Å². The average molecular weight is 388 g/mol. The SMILES string of the molecule is CN(C)S(=O)(=O)Nc1ccc(NCCc2ccc(Cl)cc2Cl)cc1. The molecular weight excluding hydrogens is 369 g/mol. The number of benzene rings is 2. The van der Waals surface area contributed by atoms with Crippen molar-refractivity contribution in [1.82, 2.24) is 4.31 Å². The molecule has 0 saturated heterocycles. The minimum Gasteiger partial charge on any atom is -0.385 e. The fourth-order valence-corrected chi connectivity index (χ4v) is 3.08. The maximum atomic E-state index is 11.7. The van der Waals surface area contributed by atoms with Gasteiger partial charge in [0.1, 0.15) is 0 Å². The van der Waals surface area contributed by atoms with Crippen molar-refractivity contribution in [3.63, 3.8) is 0 Å². The Morgan fingerprint density at radius 1 is 1.00 bits per heavy atom. The summed E-state index contributed by atoms with van der Waals surface area (Å²) >= 11 is 12.0. The van der Waals surface area contributed by atoms with Crippen LogP contribution in [0.1, 0.15) is 5.56 Å². The summed E-state index contributed by atoms with van der Waals surface area (Å²) < 4.78 is 27.1. The number of hydrogen-bond donors (Lipinski definition) is 2.